The fourth-order valence-electron chi connectivity index (χ4n) is 3.04. The number of amides is 1. The zero-order valence-corrected chi connectivity index (χ0v) is 13.3. The lowest BCUT2D eigenvalue weighted by molar-refractivity contribution is -0.133. The number of hydrogen-bond acceptors (Lipinski definition) is 5. The first kappa shape index (κ1) is 15.6. The van der Waals surface area contributed by atoms with E-state index in [9.17, 15) is 4.79 Å². The number of carbonyl (C=O) groups excluding carboxylic acids is 1. The standard InChI is InChI=1S/C17H21N5O/c1-21(12-14-4-2-6-18-10-14)13-17(23)22-9-3-5-16(22)15-11-19-7-8-20-15/h2,4,6-8,10-11,16H,3,5,9,12-13H2,1H3/t16-/m1/s1. The highest BCUT2D eigenvalue weighted by molar-refractivity contribution is 5.79. The minimum Gasteiger partial charge on any atom is -0.333 e. The molecule has 0 N–H and O–H groups in total. The summed E-state index contributed by atoms with van der Waals surface area (Å²) in [5.41, 5.74) is 1.99. The highest BCUT2D eigenvalue weighted by Gasteiger charge is 2.31. The summed E-state index contributed by atoms with van der Waals surface area (Å²) in [5.74, 6) is 0.143. The highest BCUT2D eigenvalue weighted by Crippen LogP contribution is 2.30. The van der Waals surface area contributed by atoms with Gasteiger partial charge in [0.2, 0.25) is 5.91 Å². The van der Waals surface area contributed by atoms with Gasteiger partial charge in [0.25, 0.3) is 0 Å². The van der Waals surface area contributed by atoms with E-state index in [-0.39, 0.29) is 11.9 Å². The number of nitrogens with zero attached hydrogens (tertiary/aromatic N) is 5. The van der Waals surface area contributed by atoms with E-state index in [2.05, 4.69) is 15.0 Å². The van der Waals surface area contributed by atoms with Crippen LogP contribution in [0.5, 0.6) is 0 Å². The van der Waals surface area contributed by atoms with E-state index in [1.165, 1.54) is 0 Å². The van der Waals surface area contributed by atoms with Gasteiger partial charge in [-0.3, -0.25) is 24.6 Å². The van der Waals surface area contributed by atoms with Crippen LogP contribution in [0.4, 0.5) is 0 Å². The summed E-state index contributed by atoms with van der Waals surface area (Å²) >= 11 is 0. The predicted octanol–water partition coefficient (Wildman–Crippen LogP) is 1.67. The zero-order valence-electron chi connectivity index (χ0n) is 13.3. The second-order valence-electron chi connectivity index (χ2n) is 5.91. The Morgan fingerprint density at radius 3 is 2.91 bits per heavy atom. The number of pyridine rings is 1. The Morgan fingerprint density at radius 2 is 2.17 bits per heavy atom. The Balaban J connectivity index is 1.61. The van der Waals surface area contributed by atoms with Crippen LogP contribution in [0, 0.1) is 0 Å². The first-order valence-electron chi connectivity index (χ1n) is 7.87. The minimum atomic E-state index is 0.0583. The fourth-order valence-corrected chi connectivity index (χ4v) is 3.04. The van der Waals surface area contributed by atoms with Crippen LogP contribution in [0.1, 0.15) is 30.1 Å². The maximum absolute atomic E-state index is 12.7. The maximum atomic E-state index is 12.7. The van der Waals surface area contributed by atoms with Crippen LogP contribution < -0.4 is 0 Å². The topological polar surface area (TPSA) is 62.2 Å². The molecule has 6 nitrogen and oxygen atoms in total. The van der Waals surface area contributed by atoms with Crippen molar-refractivity contribution in [2.24, 2.45) is 0 Å². The summed E-state index contributed by atoms with van der Waals surface area (Å²) in [4.78, 5) is 29.2. The Kier molecular flexibility index (Phi) is 4.92. The van der Waals surface area contributed by atoms with Gasteiger partial charge in [-0.1, -0.05) is 6.07 Å². The van der Waals surface area contributed by atoms with Gasteiger partial charge in [-0.2, -0.15) is 0 Å². The Bertz CT molecular complexity index is 634. The Labute approximate surface area is 136 Å². The molecule has 0 aromatic carbocycles. The van der Waals surface area contributed by atoms with E-state index >= 15 is 0 Å². The van der Waals surface area contributed by atoms with Gasteiger partial charge in [0, 0.05) is 37.9 Å². The summed E-state index contributed by atoms with van der Waals surface area (Å²) in [6.07, 6.45) is 10.7. The molecule has 2 aromatic rings. The molecule has 0 saturated carbocycles. The fraction of sp³-hybridized carbons (Fsp3) is 0.412. The van der Waals surface area contributed by atoms with Gasteiger partial charge >= 0.3 is 0 Å². The number of hydrogen-bond donors (Lipinski definition) is 0. The van der Waals surface area contributed by atoms with Gasteiger partial charge in [0.05, 0.1) is 24.5 Å². The zero-order chi connectivity index (χ0) is 16.1. The van der Waals surface area contributed by atoms with Crippen molar-refractivity contribution in [2.75, 3.05) is 20.1 Å². The second kappa shape index (κ2) is 7.28. The summed E-state index contributed by atoms with van der Waals surface area (Å²) in [5, 5.41) is 0. The molecule has 3 rings (SSSR count). The van der Waals surface area contributed by atoms with Gasteiger partial charge in [0.15, 0.2) is 0 Å². The van der Waals surface area contributed by atoms with E-state index in [0.29, 0.717) is 13.1 Å². The lowest BCUT2D eigenvalue weighted by Gasteiger charge is -2.26. The van der Waals surface area contributed by atoms with Gasteiger partial charge in [0.1, 0.15) is 0 Å². The molecule has 1 atom stereocenters. The summed E-state index contributed by atoms with van der Waals surface area (Å²) in [6, 6.07) is 3.99. The van der Waals surface area contributed by atoms with Crippen molar-refractivity contribution in [1.29, 1.82) is 0 Å². The molecule has 0 aliphatic carbocycles. The molecule has 0 unspecified atom stereocenters. The van der Waals surface area contributed by atoms with Crippen molar-refractivity contribution in [3.63, 3.8) is 0 Å². The van der Waals surface area contributed by atoms with Crippen LogP contribution in [0.2, 0.25) is 0 Å². The van der Waals surface area contributed by atoms with Crippen molar-refractivity contribution in [2.45, 2.75) is 25.4 Å². The van der Waals surface area contributed by atoms with Crippen LogP contribution in [-0.4, -0.2) is 50.8 Å². The molecule has 0 spiro atoms. The monoisotopic (exact) mass is 311 g/mol. The number of likely N-dealkylation sites (tertiary alicyclic amines) is 1. The molecule has 120 valence electrons. The van der Waals surface area contributed by atoms with Crippen molar-refractivity contribution >= 4 is 5.91 Å². The average Bonchev–Trinajstić information content (AvgIpc) is 3.06. The third-order valence-corrected chi connectivity index (χ3v) is 4.08. The predicted molar refractivity (Wildman–Crippen MR) is 86.3 cm³/mol. The summed E-state index contributed by atoms with van der Waals surface area (Å²) in [7, 11) is 1.96. The first-order valence-corrected chi connectivity index (χ1v) is 7.87. The molecule has 23 heavy (non-hydrogen) atoms. The number of carbonyl (C=O) groups is 1. The normalized spacial score (nSPS) is 17.7. The molecule has 1 fully saturated rings. The van der Waals surface area contributed by atoms with E-state index < -0.39 is 0 Å². The number of rotatable bonds is 5. The van der Waals surface area contributed by atoms with Crippen molar-refractivity contribution in [1.82, 2.24) is 24.8 Å². The van der Waals surface area contributed by atoms with Crippen LogP contribution in [0.15, 0.2) is 43.1 Å². The SMILES string of the molecule is CN(CC(=O)N1CCC[C@@H]1c1cnccn1)Cc1cccnc1. The van der Waals surface area contributed by atoms with Gasteiger partial charge in [-0.05, 0) is 31.5 Å². The third-order valence-electron chi connectivity index (χ3n) is 4.08. The third kappa shape index (κ3) is 3.90. The van der Waals surface area contributed by atoms with Crippen molar-refractivity contribution < 1.29 is 4.79 Å². The van der Waals surface area contributed by atoms with Crippen LogP contribution in [-0.2, 0) is 11.3 Å². The quantitative estimate of drug-likeness (QED) is 0.840. The number of likely N-dealkylation sites (N-methyl/N-ethyl adjacent to an activating group) is 1. The largest absolute Gasteiger partial charge is 0.333 e. The molecule has 1 aliphatic heterocycles. The molecule has 1 amide bonds. The number of aromatic nitrogens is 3. The van der Waals surface area contributed by atoms with Crippen molar-refractivity contribution in [3.05, 3.63) is 54.4 Å². The minimum absolute atomic E-state index is 0.0583. The Morgan fingerprint density at radius 1 is 1.30 bits per heavy atom. The van der Waals surface area contributed by atoms with E-state index in [1.807, 2.05) is 35.2 Å². The molecule has 6 heteroatoms. The lowest BCUT2D eigenvalue weighted by atomic mass is 10.1. The van der Waals surface area contributed by atoms with Gasteiger partial charge < -0.3 is 4.90 Å². The Hall–Kier alpha value is -2.34. The average molecular weight is 311 g/mol. The first-order chi connectivity index (χ1) is 11.2. The van der Waals surface area contributed by atoms with E-state index in [0.717, 1.165) is 30.6 Å². The molecule has 0 radical (unpaired) electrons. The lowest BCUT2D eigenvalue weighted by Crippen LogP contribution is -2.38. The highest BCUT2D eigenvalue weighted by atomic mass is 16.2. The van der Waals surface area contributed by atoms with E-state index in [1.54, 1.807) is 24.8 Å². The van der Waals surface area contributed by atoms with E-state index in [4.69, 9.17) is 0 Å². The molecule has 1 saturated heterocycles. The summed E-state index contributed by atoms with van der Waals surface area (Å²) < 4.78 is 0. The van der Waals surface area contributed by atoms with Gasteiger partial charge in [-0.15, -0.1) is 0 Å². The summed E-state index contributed by atoms with van der Waals surface area (Å²) in [6.45, 7) is 1.90. The molecule has 2 aromatic heterocycles. The molecule has 0 bridgehead atoms. The molecule has 1 aliphatic rings. The molecular formula is C17H21N5O. The maximum Gasteiger partial charge on any atom is 0.237 e. The second-order valence-corrected chi connectivity index (χ2v) is 5.91. The smallest absolute Gasteiger partial charge is 0.237 e. The van der Waals surface area contributed by atoms with Crippen LogP contribution in [0.3, 0.4) is 0 Å². The van der Waals surface area contributed by atoms with Crippen LogP contribution in [0.25, 0.3) is 0 Å². The molecular weight excluding hydrogens is 290 g/mol. The molecule has 3 heterocycles. The van der Waals surface area contributed by atoms with Crippen molar-refractivity contribution in [3.8, 4) is 0 Å². The van der Waals surface area contributed by atoms with Gasteiger partial charge in [-0.25, -0.2) is 0 Å². The van der Waals surface area contributed by atoms with Crippen LogP contribution >= 0.6 is 0 Å².